The summed E-state index contributed by atoms with van der Waals surface area (Å²) in [7, 11) is 0. The molecule has 1 N–H and O–H groups in total. The second-order valence-corrected chi connectivity index (χ2v) is 7.27. The molecular formula is C20H24N2OS. The molecule has 3 rings (SSSR count). The Morgan fingerprint density at radius 1 is 0.958 bits per heavy atom. The lowest BCUT2D eigenvalue weighted by atomic mass is 10.0. The first-order valence-corrected chi connectivity index (χ1v) is 9.66. The van der Waals surface area contributed by atoms with Crippen LogP contribution in [0.5, 0.6) is 0 Å². The van der Waals surface area contributed by atoms with E-state index in [1.807, 2.05) is 53.1 Å². The van der Waals surface area contributed by atoms with Gasteiger partial charge in [-0.05, 0) is 17.5 Å². The maximum atomic E-state index is 13.0. The lowest BCUT2D eigenvalue weighted by Crippen LogP contribution is -2.50. The van der Waals surface area contributed by atoms with Crippen LogP contribution in [0.4, 0.5) is 0 Å². The fourth-order valence-corrected chi connectivity index (χ4v) is 3.84. The van der Waals surface area contributed by atoms with Crippen LogP contribution >= 0.6 is 11.8 Å². The molecule has 1 fully saturated rings. The third-order valence-electron chi connectivity index (χ3n) is 4.30. The zero-order valence-corrected chi connectivity index (χ0v) is 14.7. The van der Waals surface area contributed by atoms with Gasteiger partial charge in [0.15, 0.2) is 0 Å². The Balaban J connectivity index is 1.68. The third kappa shape index (κ3) is 4.86. The summed E-state index contributed by atoms with van der Waals surface area (Å²) in [5.41, 5.74) is 2.40. The molecule has 0 saturated carbocycles. The van der Waals surface area contributed by atoms with E-state index >= 15 is 0 Å². The Kier molecular flexibility index (Phi) is 6.33. The molecule has 0 aliphatic carbocycles. The van der Waals surface area contributed by atoms with Crippen LogP contribution in [0.15, 0.2) is 60.7 Å². The molecule has 0 radical (unpaired) electrons. The minimum Gasteiger partial charge on any atom is -0.340 e. The highest BCUT2D eigenvalue weighted by atomic mass is 32.2. The summed E-state index contributed by atoms with van der Waals surface area (Å²) >= 11 is 1.93. The summed E-state index contributed by atoms with van der Waals surface area (Å²) < 4.78 is 0. The van der Waals surface area contributed by atoms with E-state index in [1.54, 1.807) is 0 Å². The number of thioether (sulfide) groups is 1. The Labute approximate surface area is 148 Å². The van der Waals surface area contributed by atoms with Gasteiger partial charge < -0.3 is 10.2 Å². The molecule has 1 unspecified atom stereocenters. The number of rotatable bonds is 6. The van der Waals surface area contributed by atoms with Crippen LogP contribution in [-0.2, 0) is 17.8 Å². The fraction of sp³-hybridized carbons (Fsp3) is 0.350. The van der Waals surface area contributed by atoms with Gasteiger partial charge >= 0.3 is 0 Å². The normalized spacial score (nSPS) is 15.9. The molecule has 1 atom stereocenters. The number of nitrogens with one attached hydrogen (secondary N) is 1. The second kappa shape index (κ2) is 8.90. The van der Waals surface area contributed by atoms with E-state index in [4.69, 9.17) is 0 Å². The molecule has 24 heavy (non-hydrogen) atoms. The number of amides is 1. The fourth-order valence-electron chi connectivity index (χ4n) is 2.94. The Morgan fingerprint density at radius 3 is 2.17 bits per heavy atom. The lowest BCUT2D eigenvalue weighted by molar-refractivity contribution is -0.133. The molecule has 1 amide bonds. The summed E-state index contributed by atoms with van der Waals surface area (Å²) in [6.45, 7) is 2.44. The van der Waals surface area contributed by atoms with Crippen molar-refractivity contribution < 1.29 is 4.79 Å². The minimum absolute atomic E-state index is 0.171. The number of carbonyl (C=O) groups excluding carboxylic acids is 1. The number of nitrogens with zero attached hydrogens (tertiary/aromatic N) is 1. The Bertz CT molecular complexity index is 627. The SMILES string of the molecule is O=C(C(Cc1ccccc1)NCc1ccccc1)N1CCSCC1. The Morgan fingerprint density at radius 2 is 1.54 bits per heavy atom. The zero-order chi connectivity index (χ0) is 16.6. The van der Waals surface area contributed by atoms with E-state index < -0.39 is 0 Å². The van der Waals surface area contributed by atoms with Crippen LogP contribution in [0.25, 0.3) is 0 Å². The van der Waals surface area contributed by atoms with Crippen molar-refractivity contribution in [2.45, 2.75) is 19.0 Å². The van der Waals surface area contributed by atoms with Gasteiger partial charge in [0.2, 0.25) is 5.91 Å². The highest BCUT2D eigenvalue weighted by Gasteiger charge is 2.25. The summed E-state index contributed by atoms with van der Waals surface area (Å²) in [6, 6.07) is 20.4. The van der Waals surface area contributed by atoms with Crippen LogP contribution in [0.3, 0.4) is 0 Å². The summed E-state index contributed by atoms with van der Waals surface area (Å²) in [6.07, 6.45) is 0.732. The molecule has 3 nitrogen and oxygen atoms in total. The van der Waals surface area contributed by atoms with Gasteiger partial charge in [-0.2, -0.15) is 11.8 Å². The number of carbonyl (C=O) groups is 1. The second-order valence-electron chi connectivity index (χ2n) is 6.05. The molecule has 1 saturated heterocycles. The van der Waals surface area contributed by atoms with Crippen LogP contribution in [0.2, 0.25) is 0 Å². The van der Waals surface area contributed by atoms with Gasteiger partial charge in [0, 0.05) is 31.1 Å². The van der Waals surface area contributed by atoms with Crippen molar-refractivity contribution >= 4 is 17.7 Å². The molecular weight excluding hydrogens is 316 g/mol. The summed E-state index contributed by atoms with van der Waals surface area (Å²) in [4.78, 5) is 15.0. The predicted octanol–water partition coefficient (Wildman–Crippen LogP) is 2.96. The van der Waals surface area contributed by atoms with Crippen molar-refractivity contribution in [2.24, 2.45) is 0 Å². The third-order valence-corrected chi connectivity index (χ3v) is 5.24. The quantitative estimate of drug-likeness (QED) is 0.877. The first-order chi connectivity index (χ1) is 11.8. The number of hydrogen-bond donors (Lipinski definition) is 1. The van der Waals surface area contributed by atoms with Gasteiger partial charge in [0.25, 0.3) is 0 Å². The topological polar surface area (TPSA) is 32.3 Å². The van der Waals surface area contributed by atoms with Crippen LogP contribution in [0.1, 0.15) is 11.1 Å². The van der Waals surface area contributed by atoms with E-state index in [0.717, 1.165) is 31.0 Å². The van der Waals surface area contributed by atoms with E-state index in [-0.39, 0.29) is 11.9 Å². The van der Waals surface area contributed by atoms with Crippen molar-refractivity contribution in [2.75, 3.05) is 24.6 Å². The van der Waals surface area contributed by atoms with Gasteiger partial charge in [-0.25, -0.2) is 0 Å². The molecule has 0 aromatic heterocycles. The first-order valence-electron chi connectivity index (χ1n) is 8.51. The van der Waals surface area contributed by atoms with Crippen LogP contribution in [0, 0.1) is 0 Å². The van der Waals surface area contributed by atoms with Gasteiger partial charge in [-0.15, -0.1) is 0 Å². The highest BCUT2D eigenvalue weighted by molar-refractivity contribution is 7.99. The van der Waals surface area contributed by atoms with Gasteiger partial charge in [-0.3, -0.25) is 4.79 Å². The molecule has 1 heterocycles. The van der Waals surface area contributed by atoms with Crippen molar-refractivity contribution in [3.8, 4) is 0 Å². The standard InChI is InChI=1S/C20H24N2OS/c23-20(22-11-13-24-14-12-22)19(15-17-7-3-1-4-8-17)21-16-18-9-5-2-6-10-18/h1-10,19,21H,11-16H2. The van der Waals surface area contributed by atoms with Crippen molar-refractivity contribution in [3.63, 3.8) is 0 Å². The van der Waals surface area contributed by atoms with E-state index in [2.05, 4.69) is 29.6 Å². The maximum absolute atomic E-state index is 13.0. The van der Waals surface area contributed by atoms with Crippen molar-refractivity contribution in [1.82, 2.24) is 10.2 Å². The molecule has 2 aromatic rings. The van der Waals surface area contributed by atoms with Crippen LogP contribution < -0.4 is 5.32 Å². The largest absolute Gasteiger partial charge is 0.340 e. The monoisotopic (exact) mass is 340 g/mol. The van der Waals surface area contributed by atoms with E-state index in [9.17, 15) is 4.79 Å². The molecule has 0 spiro atoms. The van der Waals surface area contributed by atoms with Crippen LogP contribution in [-0.4, -0.2) is 41.4 Å². The molecule has 126 valence electrons. The van der Waals surface area contributed by atoms with Gasteiger partial charge in [-0.1, -0.05) is 60.7 Å². The molecule has 2 aromatic carbocycles. The Hall–Kier alpha value is -1.78. The molecule has 1 aliphatic rings. The first kappa shape index (κ1) is 17.1. The number of benzene rings is 2. The zero-order valence-electron chi connectivity index (χ0n) is 13.9. The predicted molar refractivity (Wildman–Crippen MR) is 101 cm³/mol. The smallest absolute Gasteiger partial charge is 0.240 e. The lowest BCUT2D eigenvalue weighted by Gasteiger charge is -2.30. The molecule has 0 bridgehead atoms. The molecule has 4 heteroatoms. The van der Waals surface area contributed by atoms with Crippen molar-refractivity contribution in [1.29, 1.82) is 0 Å². The van der Waals surface area contributed by atoms with Gasteiger partial charge in [0.05, 0.1) is 6.04 Å². The van der Waals surface area contributed by atoms with Gasteiger partial charge in [0.1, 0.15) is 0 Å². The van der Waals surface area contributed by atoms with Crippen molar-refractivity contribution in [3.05, 3.63) is 71.8 Å². The highest BCUT2D eigenvalue weighted by Crippen LogP contribution is 2.13. The molecule has 1 aliphatic heterocycles. The maximum Gasteiger partial charge on any atom is 0.240 e. The summed E-state index contributed by atoms with van der Waals surface area (Å²) in [5.74, 6) is 2.32. The average Bonchev–Trinajstić information content (AvgIpc) is 2.67. The van der Waals surface area contributed by atoms with E-state index in [0.29, 0.717) is 6.54 Å². The number of hydrogen-bond acceptors (Lipinski definition) is 3. The minimum atomic E-state index is -0.171. The average molecular weight is 340 g/mol. The van der Waals surface area contributed by atoms with E-state index in [1.165, 1.54) is 11.1 Å². The summed E-state index contributed by atoms with van der Waals surface area (Å²) in [5, 5.41) is 3.48.